The normalized spacial score (nSPS) is 42.0. The van der Waals surface area contributed by atoms with Gasteiger partial charge in [0.25, 0.3) is 5.79 Å². The second-order valence-corrected chi connectivity index (χ2v) is 15.8. The molecular weight excluding hydrogens is 858 g/mol. The number of carboxylic acids is 1. The molecular formula is C36H63N3O24. The standard InChI is InChI=1S/C36H63N3O24/c1-13(43)38-20-15(45)8-36(35(54)55,63-30(20)22(47)16(46)9-40)57-12-19-25(50)29(61-34-27(52)26(51)23(48)17(10-41)59-34)21(39-14(2)44)32(60-19)62-31-24(49)18(11-42)58-33(28(31)53)56-7-5-3-4-6-37/h15-34,40-42,45-53H,3-12,37H2,1-2H3,(H,38,43)(H,39,44)(H,54,55)/t15?,16-,17?,18?,19?,20?,21?,22-,23+,24+,25-,26?,27+,28?,29?,30?,31?,32+,33-,34+,36-/m1/s1. The lowest BCUT2D eigenvalue weighted by atomic mass is 9.88. The van der Waals surface area contributed by atoms with Gasteiger partial charge in [-0.25, -0.2) is 4.79 Å². The number of ether oxygens (including phenoxy) is 8. The average Bonchev–Trinajstić information content (AvgIpc) is 3.24. The van der Waals surface area contributed by atoms with Gasteiger partial charge in [-0.1, -0.05) is 0 Å². The number of carboxylic acid groups (broad SMARTS) is 1. The van der Waals surface area contributed by atoms with Crippen LogP contribution in [0.25, 0.3) is 0 Å². The summed E-state index contributed by atoms with van der Waals surface area (Å²) in [7, 11) is 0. The van der Waals surface area contributed by atoms with Crippen LogP contribution in [0.5, 0.6) is 0 Å². The highest BCUT2D eigenvalue weighted by Gasteiger charge is 2.58. The predicted octanol–water partition coefficient (Wildman–Crippen LogP) is -9.10. The van der Waals surface area contributed by atoms with E-state index in [-0.39, 0.29) is 6.61 Å². The van der Waals surface area contributed by atoms with Crippen molar-refractivity contribution >= 4 is 17.8 Å². The monoisotopic (exact) mass is 921 g/mol. The zero-order chi connectivity index (χ0) is 46.9. The number of hydrogen-bond donors (Lipinski definition) is 16. The van der Waals surface area contributed by atoms with Crippen molar-refractivity contribution in [3.8, 4) is 0 Å². The van der Waals surface area contributed by atoms with E-state index in [0.717, 1.165) is 13.8 Å². The summed E-state index contributed by atoms with van der Waals surface area (Å²) in [6.07, 6.45) is -33.1. The van der Waals surface area contributed by atoms with Crippen molar-refractivity contribution < 1.29 is 119 Å². The number of aliphatic hydroxyl groups is 12. The third kappa shape index (κ3) is 12.7. The summed E-state index contributed by atoms with van der Waals surface area (Å²) in [6.45, 7) is -1.39. The van der Waals surface area contributed by atoms with E-state index in [1.807, 2.05) is 0 Å². The predicted molar refractivity (Wildman–Crippen MR) is 201 cm³/mol. The Kier molecular flexibility index (Phi) is 20.1. The minimum atomic E-state index is -2.98. The second-order valence-electron chi connectivity index (χ2n) is 15.8. The number of rotatable bonds is 21. The Morgan fingerprint density at radius 1 is 0.714 bits per heavy atom. The maximum atomic E-state index is 12.9. The van der Waals surface area contributed by atoms with E-state index in [9.17, 15) is 80.8 Å². The van der Waals surface area contributed by atoms with Gasteiger partial charge >= 0.3 is 5.97 Å². The molecule has 0 aromatic rings. The number of nitrogens with one attached hydrogen (secondary N) is 2. The van der Waals surface area contributed by atoms with Crippen LogP contribution in [-0.2, 0) is 52.3 Å². The number of aliphatic carboxylic acids is 1. The van der Waals surface area contributed by atoms with E-state index < -0.39 is 179 Å². The Balaban J connectivity index is 1.73. The van der Waals surface area contributed by atoms with Crippen LogP contribution in [0.4, 0.5) is 0 Å². The van der Waals surface area contributed by atoms with Crippen molar-refractivity contribution in [3.63, 3.8) is 0 Å². The van der Waals surface area contributed by atoms with Crippen molar-refractivity contribution in [2.24, 2.45) is 5.73 Å². The first-order valence-electron chi connectivity index (χ1n) is 20.4. The Bertz CT molecular complexity index is 1460. The molecule has 21 atom stereocenters. The zero-order valence-corrected chi connectivity index (χ0v) is 34.5. The van der Waals surface area contributed by atoms with Crippen LogP contribution < -0.4 is 16.4 Å². The molecule has 4 rings (SSSR count). The maximum absolute atomic E-state index is 12.9. The number of carbonyl (C=O) groups is 3. The van der Waals surface area contributed by atoms with E-state index in [4.69, 9.17) is 43.6 Å². The van der Waals surface area contributed by atoms with Crippen molar-refractivity contribution in [1.29, 1.82) is 0 Å². The van der Waals surface area contributed by atoms with Crippen molar-refractivity contribution in [3.05, 3.63) is 0 Å². The third-order valence-electron chi connectivity index (χ3n) is 11.1. The minimum absolute atomic E-state index is 0.0300. The highest BCUT2D eigenvalue weighted by Crippen LogP contribution is 2.37. The van der Waals surface area contributed by atoms with Crippen molar-refractivity contribution in [1.82, 2.24) is 10.6 Å². The molecule has 0 aromatic carbocycles. The quantitative estimate of drug-likeness (QED) is 0.0475. The van der Waals surface area contributed by atoms with Crippen molar-refractivity contribution in [2.45, 2.75) is 168 Å². The lowest BCUT2D eigenvalue weighted by Crippen LogP contribution is -2.70. The molecule has 0 aliphatic carbocycles. The maximum Gasteiger partial charge on any atom is 0.364 e. The second kappa shape index (κ2) is 23.8. The molecule has 0 saturated carbocycles. The number of amides is 2. The highest BCUT2D eigenvalue weighted by atomic mass is 16.8. The molecule has 27 heteroatoms. The number of unbranched alkanes of at least 4 members (excludes halogenated alkanes) is 2. The van der Waals surface area contributed by atoms with Crippen LogP contribution >= 0.6 is 0 Å². The van der Waals surface area contributed by atoms with Gasteiger partial charge < -0.3 is 121 Å². The summed E-state index contributed by atoms with van der Waals surface area (Å²) < 4.78 is 46.1. The molecule has 2 amide bonds. The summed E-state index contributed by atoms with van der Waals surface area (Å²) in [4.78, 5) is 37.6. The Hall–Kier alpha value is -2.43. The molecule has 27 nitrogen and oxygen atoms in total. The summed E-state index contributed by atoms with van der Waals surface area (Å²) in [6, 6.07) is -3.32. The summed E-state index contributed by atoms with van der Waals surface area (Å²) >= 11 is 0. The van der Waals surface area contributed by atoms with Crippen LogP contribution in [0.2, 0.25) is 0 Å². The molecule has 0 aromatic heterocycles. The first-order valence-corrected chi connectivity index (χ1v) is 20.4. The SMILES string of the molecule is CC(=O)NC1C(O)C[C@](OCC2O[C@@H](OC3C(O)[C@H](OCCCCCN)OC(CO)[C@@H]3O)C(NC(C)=O)C(O[C@@H]3OC(CO)[C@H](O)C(O)[C@@H]3O)[C@@H]2O)(C(=O)O)OC1[C@H](O)[C@H](O)CO. The van der Waals surface area contributed by atoms with Crippen LogP contribution in [0.1, 0.15) is 39.5 Å². The largest absolute Gasteiger partial charge is 0.477 e. The van der Waals surface area contributed by atoms with Gasteiger partial charge in [0.05, 0.1) is 38.6 Å². The fourth-order valence-electron chi connectivity index (χ4n) is 7.68. The Morgan fingerprint density at radius 2 is 1.29 bits per heavy atom. The van der Waals surface area contributed by atoms with Crippen LogP contribution in [0, 0.1) is 0 Å². The molecule has 4 aliphatic heterocycles. The van der Waals surface area contributed by atoms with Gasteiger partial charge in [0.15, 0.2) is 18.9 Å². The molecule has 4 saturated heterocycles. The van der Waals surface area contributed by atoms with E-state index >= 15 is 0 Å². The molecule has 4 fully saturated rings. The van der Waals surface area contributed by atoms with E-state index in [1.54, 1.807) is 0 Å². The summed E-state index contributed by atoms with van der Waals surface area (Å²) in [5.41, 5.74) is 5.54. The third-order valence-corrected chi connectivity index (χ3v) is 11.1. The van der Waals surface area contributed by atoms with Gasteiger partial charge in [-0.2, -0.15) is 0 Å². The minimum Gasteiger partial charge on any atom is -0.477 e. The molecule has 0 radical (unpaired) electrons. The van der Waals surface area contributed by atoms with Gasteiger partial charge in [0.2, 0.25) is 11.8 Å². The lowest BCUT2D eigenvalue weighted by molar-refractivity contribution is -0.372. The Labute approximate surface area is 360 Å². The highest BCUT2D eigenvalue weighted by molar-refractivity contribution is 5.76. The molecule has 366 valence electrons. The molecule has 0 spiro atoms. The molecule has 17 N–H and O–H groups in total. The first-order chi connectivity index (χ1) is 29.7. The van der Waals surface area contributed by atoms with Crippen LogP contribution in [0.3, 0.4) is 0 Å². The number of aliphatic hydroxyl groups excluding tert-OH is 12. The van der Waals surface area contributed by atoms with Gasteiger partial charge in [0.1, 0.15) is 91.5 Å². The fourth-order valence-corrected chi connectivity index (χ4v) is 7.68. The van der Waals surface area contributed by atoms with Crippen LogP contribution in [-0.4, -0.2) is 252 Å². The number of nitrogens with two attached hydrogens (primary N) is 1. The summed E-state index contributed by atoms with van der Waals surface area (Å²) in [5.74, 6) is -6.53. The zero-order valence-electron chi connectivity index (χ0n) is 34.5. The molecule has 0 bridgehead atoms. The average molecular weight is 922 g/mol. The fraction of sp³-hybridized carbons (Fsp3) is 0.917. The van der Waals surface area contributed by atoms with Crippen LogP contribution in [0.15, 0.2) is 0 Å². The van der Waals surface area contributed by atoms with Gasteiger partial charge in [-0.3, -0.25) is 9.59 Å². The molecule has 63 heavy (non-hydrogen) atoms. The summed E-state index contributed by atoms with van der Waals surface area (Å²) in [5, 5.41) is 143. The van der Waals surface area contributed by atoms with Gasteiger partial charge in [-0.15, -0.1) is 0 Å². The molecule has 11 unspecified atom stereocenters. The van der Waals surface area contributed by atoms with Gasteiger partial charge in [-0.05, 0) is 25.8 Å². The number of carbonyl (C=O) groups excluding carboxylic acids is 2. The topological polar surface area (TPSA) is 438 Å². The Morgan fingerprint density at radius 3 is 1.87 bits per heavy atom. The van der Waals surface area contributed by atoms with E-state index in [1.165, 1.54) is 0 Å². The van der Waals surface area contributed by atoms with E-state index in [2.05, 4.69) is 10.6 Å². The lowest BCUT2D eigenvalue weighted by Gasteiger charge is -2.50. The first kappa shape index (κ1) is 53.2. The smallest absolute Gasteiger partial charge is 0.364 e. The molecule has 4 heterocycles. The molecule has 4 aliphatic rings. The van der Waals surface area contributed by atoms with Gasteiger partial charge in [0, 0.05) is 26.9 Å². The van der Waals surface area contributed by atoms with E-state index in [0.29, 0.717) is 25.8 Å². The number of hydrogen-bond acceptors (Lipinski definition) is 24. The van der Waals surface area contributed by atoms with Crippen molar-refractivity contribution in [2.75, 3.05) is 39.6 Å².